The lowest BCUT2D eigenvalue weighted by atomic mass is 10.1. The van der Waals surface area contributed by atoms with Crippen LogP contribution in [0.2, 0.25) is 0 Å². The smallest absolute Gasteiger partial charge is 0.227 e. The summed E-state index contributed by atoms with van der Waals surface area (Å²) in [6.07, 6.45) is 1.73. The Morgan fingerprint density at radius 2 is 1.91 bits per heavy atom. The van der Waals surface area contributed by atoms with E-state index in [2.05, 4.69) is 43.3 Å². The number of nitriles is 1. The van der Waals surface area contributed by atoms with Crippen LogP contribution in [0.5, 0.6) is 5.75 Å². The zero-order valence-corrected chi connectivity index (χ0v) is 19.4. The maximum Gasteiger partial charge on any atom is 0.227 e. The summed E-state index contributed by atoms with van der Waals surface area (Å²) in [7, 11) is 0. The molecule has 0 spiro atoms. The minimum absolute atomic E-state index is 0.0315. The van der Waals surface area contributed by atoms with Crippen molar-refractivity contribution in [2.45, 2.75) is 6.10 Å². The van der Waals surface area contributed by atoms with Crippen molar-refractivity contribution in [1.82, 2.24) is 14.9 Å². The molecule has 2 aliphatic rings. The summed E-state index contributed by atoms with van der Waals surface area (Å²) in [5.74, 6) is 1.05. The monoisotopic (exact) mass is 472 g/mol. The molecule has 2 N–H and O–H groups in total. The number of ether oxygens (including phenoxy) is 2. The fourth-order valence-corrected chi connectivity index (χ4v) is 4.27. The molecule has 1 aromatic heterocycles. The molecule has 9 heteroatoms. The van der Waals surface area contributed by atoms with Gasteiger partial charge in [0.15, 0.2) is 0 Å². The highest BCUT2D eigenvalue weighted by atomic mass is 16.5. The highest BCUT2D eigenvalue weighted by molar-refractivity contribution is 5.66. The highest BCUT2D eigenvalue weighted by Gasteiger charge is 2.28. The van der Waals surface area contributed by atoms with Crippen LogP contribution in [0.3, 0.4) is 0 Å². The van der Waals surface area contributed by atoms with Gasteiger partial charge in [0, 0.05) is 55.9 Å². The maximum absolute atomic E-state index is 9.67. The van der Waals surface area contributed by atoms with Gasteiger partial charge in [0.25, 0.3) is 0 Å². The second kappa shape index (κ2) is 10.7. The van der Waals surface area contributed by atoms with E-state index < -0.39 is 0 Å². The number of aliphatic hydroxyl groups excluding tert-OH is 1. The van der Waals surface area contributed by atoms with Gasteiger partial charge >= 0.3 is 0 Å². The molecule has 2 fully saturated rings. The average molecular weight is 473 g/mol. The highest BCUT2D eigenvalue weighted by Crippen LogP contribution is 2.28. The predicted octanol–water partition coefficient (Wildman–Crippen LogP) is 2.65. The molecule has 0 unspecified atom stereocenters. The Morgan fingerprint density at radius 3 is 2.66 bits per heavy atom. The van der Waals surface area contributed by atoms with Crippen molar-refractivity contribution in [2.24, 2.45) is 0 Å². The van der Waals surface area contributed by atoms with Crippen molar-refractivity contribution < 1.29 is 14.6 Å². The Kier molecular flexibility index (Phi) is 7.04. The molecule has 2 saturated heterocycles. The Balaban J connectivity index is 1.25. The van der Waals surface area contributed by atoms with Crippen molar-refractivity contribution in [2.75, 3.05) is 62.8 Å². The molecular weight excluding hydrogens is 444 g/mol. The number of aliphatic hydroxyl groups is 1. The second-order valence-electron chi connectivity index (χ2n) is 8.58. The lowest BCUT2D eigenvalue weighted by Gasteiger charge is -2.38. The molecular formula is C26H28N6O3. The molecule has 0 radical (unpaired) electrons. The summed E-state index contributed by atoms with van der Waals surface area (Å²) >= 11 is 0. The number of hydrogen-bond donors (Lipinski definition) is 2. The number of anilines is 3. The van der Waals surface area contributed by atoms with Crippen LogP contribution in [0, 0.1) is 11.3 Å². The molecule has 35 heavy (non-hydrogen) atoms. The first-order valence-corrected chi connectivity index (χ1v) is 11.8. The summed E-state index contributed by atoms with van der Waals surface area (Å²) < 4.78 is 11.4. The normalized spacial score (nSPS) is 16.4. The van der Waals surface area contributed by atoms with Crippen LogP contribution in [-0.4, -0.2) is 78.6 Å². The maximum atomic E-state index is 9.67. The van der Waals surface area contributed by atoms with Crippen LogP contribution in [0.25, 0.3) is 11.3 Å². The molecule has 2 aromatic carbocycles. The number of β-amino-alcohol motifs (C(OH)–C–C–N with tert-alkyl or cyclic N) is 1. The van der Waals surface area contributed by atoms with Crippen LogP contribution >= 0.6 is 0 Å². The Morgan fingerprint density at radius 1 is 1.11 bits per heavy atom. The molecule has 0 atom stereocenters. The molecule has 0 saturated carbocycles. The zero-order valence-electron chi connectivity index (χ0n) is 19.4. The second-order valence-corrected chi connectivity index (χ2v) is 8.58. The van der Waals surface area contributed by atoms with Gasteiger partial charge in [-0.15, -0.1) is 0 Å². The number of likely N-dealkylation sites (tertiary alicyclic amines) is 1. The number of rotatable bonds is 8. The van der Waals surface area contributed by atoms with E-state index >= 15 is 0 Å². The van der Waals surface area contributed by atoms with E-state index in [-0.39, 0.29) is 12.7 Å². The zero-order chi connectivity index (χ0) is 24.0. The van der Waals surface area contributed by atoms with Gasteiger partial charge in [-0.2, -0.15) is 5.26 Å². The minimum Gasteiger partial charge on any atom is -0.486 e. The lowest BCUT2D eigenvalue weighted by Crippen LogP contribution is -2.54. The van der Waals surface area contributed by atoms with Crippen LogP contribution in [0.4, 0.5) is 17.3 Å². The third-order valence-electron chi connectivity index (χ3n) is 6.18. The molecule has 0 aliphatic carbocycles. The van der Waals surface area contributed by atoms with E-state index in [0.717, 1.165) is 50.6 Å². The fraction of sp³-hybridized carbons (Fsp3) is 0.346. The number of hydrogen-bond acceptors (Lipinski definition) is 9. The number of morpholine rings is 1. The van der Waals surface area contributed by atoms with E-state index in [1.54, 1.807) is 12.3 Å². The van der Waals surface area contributed by atoms with Gasteiger partial charge in [-0.1, -0.05) is 0 Å². The number of aromatic nitrogens is 2. The number of nitrogens with one attached hydrogen (secondary N) is 1. The fourth-order valence-electron chi connectivity index (χ4n) is 4.27. The predicted molar refractivity (Wildman–Crippen MR) is 133 cm³/mol. The van der Waals surface area contributed by atoms with E-state index in [0.29, 0.717) is 29.5 Å². The third kappa shape index (κ3) is 5.52. The summed E-state index contributed by atoms with van der Waals surface area (Å²) in [6.45, 7) is 5.59. The van der Waals surface area contributed by atoms with Gasteiger partial charge in [-0.05, 0) is 48.5 Å². The van der Waals surface area contributed by atoms with Gasteiger partial charge in [0.1, 0.15) is 17.9 Å². The first kappa shape index (κ1) is 23.1. The minimum atomic E-state index is 0.0315. The van der Waals surface area contributed by atoms with Gasteiger partial charge in [-0.3, -0.25) is 4.90 Å². The van der Waals surface area contributed by atoms with E-state index in [1.807, 2.05) is 30.3 Å². The van der Waals surface area contributed by atoms with Crippen molar-refractivity contribution >= 4 is 17.3 Å². The first-order valence-electron chi connectivity index (χ1n) is 11.8. The topological polar surface area (TPSA) is 107 Å². The molecule has 3 aromatic rings. The molecule has 5 rings (SSSR count). The molecule has 2 aliphatic heterocycles. The summed E-state index contributed by atoms with van der Waals surface area (Å²) in [4.78, 5) is 13.4. The summed E-state index contributed by atoms with van der Waals surface area (Å²) in [6, 6.07) is 17.8. The average Bonchev–Trinajstić information content (AvgIpc) is 2.89. The quantitative estimate of drug-likeness (QED) is 0.512. The van der Waals surface area contributed by atoms with Gasteiger partial charge in [-0.25, -0.2) is 9.97 Å². The van der Waals surface area contributed by atoms with Crippen molar-refractivity contribution in [1.29, 1.82) is 5.26 Å². The van der Waals surface area contributed by atoms with E-state index in [9.17, 15) is 5.26 Å². The van der Waals surface area contributed by atoms with Crippen LogP contribution in [-0.2, 0) is 4.74 Å². The summed E-state index contributed by atoms with van der Waals surface area (Å²) in [5, 5.41) is 21.9. The molecule has 0 bridgehead atoms. The van der Waals surface area contributed by atoms with Crippen LogP contribution in [0.1, 0.15) is 5.56 Å². The Labute approximate surface area is 204 Å². The Bertz CT molecular complexity index is 1180. The summed E-state index contributed by atoms with van der Waals surface area (Å²) in [5.41, 5.74) is 4.07. The van der Waals surface area contributed by atoms with E-state index in [4.69, 9.17) is 14.6 Å². The van der Waals surface area contributed by atoms with Crippen molar-refractivity contribution in [3.63, 3.8) is 0 Å². The van der Waals surface area contributed by atoms with Gasteiger partial charge in [0.05, 0.1) is 31.1 Å². The standard InChI is InChI=1S/C26H28N6O3/c27-16-20-15-19(1-6-25(20)35-23-17-31(18-23)9-12-33)24-7-8-28-26(30-24)29-21-2-4-22(5-3-21)32-10-13-34-14-11-32/h1-8,15,23,33H,9-14,17-18H2,(H,28,29,30). The lowest BCUT2D eigenvalue weighted by molar-refractivity contribution is 0.0105. The number of nitrogens with zero attached hydrogens (tertiary/aromatic N) is 5. The first-order chi connectivity index (χ1) is 17.2. The van der Waals surface area contributed by atoms with Gasteiger partial charge < -0.3 is 24.8 Å². The molecule has 0 amide bonds. The Hall–Kier alpha value is -3.71. The van der Waals surface area contributed by atoms with Crippen molar-refractivity contribution in [3.8, 4) is 23.1 Å². The third-order valence-corrected chi connectivity index (χ3v) is 6.18. The van der Waals surface area contributed by atoms with Gasteiger partial charge in [0.2, 0.25) is 5.95 Å². The molecule has 9 nitrogen and oxygen atoms in total. The SMILES string of the molecule is N#Cc1cc(-c2ccnc(Nc3ccc(N4CCOCC4)cc3)n2)ccc1OC1CN(CCO)C1. The molecule has 3 heterocycles. The van der Waals surface area contributed by atoms with Crippen LogP contribution < -0.4 is 15.0 Å². The van der Waals surface area contributed by atoms with Crippen molar-refractivity contribution in [3.05, 3.63) is 60.3 Å². The largest absolute Gasteiger partial charge is 0.486 e. The van der Waals surface area contributed by atoms with E-state index in [1.165, 1.54) is 5.69 Å². The number of benzene rings is 2. The molecule has 180 valence electrons. The van der Waals surface area contributed by atoms with Crippen LogP contribution in [0.15, 0.2) is 54.7 Å².